The summed E-state index contributed by atoms with van der Waals surface area (Å²) >= 11 is 12.0. The maximum atomic E-state index is 6.00. The van der Waals surface area contributed by atoms with Gasteiger partial charge in [-0.1, -0.05) is 30.1 Å². The summed E-state index contributed by atoms with van der Waals surface area (Å²) in [5.74, 6) is 1.94. The molecule has 7 heteroatoms. The molecule has 0 aliphatic carbocycles. The summed E-state index contributed by atoms with van der Waals surface area (Å²) in [6.07, 6.45) is 4.00. The van der Waals surface area contributed by atoms with Crippen molar-refractivity contribution in [1.29, 1.82) is 0 Å². The first-order valence-corrected chi connectivity index (χ1v) is 8.03. The zero-order valence-corrected chi connectivity index (χ0v) is 13.8. The number of piperidine rings is 1. The Morgan fingerprint density at radius 3 is 2.73 bits per heavy atom. The standard InChI is InChI=1S/C15H17Cl2N5/c1-10-3-2-4-22(9-10)15-20-14(8-18-21-15)19-13-6-11(16)5-12(17)7-13/h5-8,10H,2-4,9H2,1H3,(H,19,20,21). The second-order valence-corrected chi connectivity index (χ2v) is 6.49. The molecule has 1 atom stereocenters. The lowest BCUT2D eigenvalue weighted by molar-refractivity contribution is 0.441. The molecule has 0 spiro atoms. The van der Waals surface area contributed by atoms with E-state index >= 15 is 0 Å². The van der Waals surface area contributed by atoms with E-state index < -0.39 is 0 Å². The first-order chi connectivity index (χ1) is 10.6. The maximum Gasteiger partial charge on any atom is 0.247 e. The zero-order valence-electron chi connectivity index (χ0n) is 12.3. The number of hydrogen-bond acceptors (Lipinski definition) is 5. The average Bonchev–Trinajstić information content (AvgIpc) is 2.46. The summed E-state index contributed by atoms with van der Waals surface area (Å²) in [5, 5.41) is 12.5. The van der Waals surface area contributed by atoms with Crippen LogP contribution in [0.4, 0.5) is 17.5 Å². The zero-order chi connectivity index (χ0) is 15.5. The summed E-state index contributed by atoms with van der Waals surface area (Å²) < 4.78 is 0. The number of benzene rings is 1. The van der Waals surface area contributed by atoms with Crippen LogP contribution in [0.1, 0.15) is 19.8 Å². The third-order valence-corrected chi connectivity index (χ3v) is 4.06. The van der Waals surface area contributed by atoms with Crippen LogP contribution >= 0.6 is 23.2 Å². The highest BCUT2D eigenvalue weighted by Crippen LogP contribution is 2.25. The Kier molecular flexibility index (Phi) is 4.64. The normalized spacial score (nSPS) is 18.3. The van der Waals surface area contributed by atoms with Crippen molar-refractivity contribution in [2.24, 2.45) is 5.92 Å². The fourth-order valence-electron chi connectivity index (χ4n) is 2.63. The largest absolute Gasteiger partial charge is 0.339 e. The molecule has 0 saturated carbocycles. The fourth-order valence-corrected chi connectivity index (χ4v) is 3.16. The third kappa shape index (κ3) is 3.78. The second-order valence-electron chi connectivity index (χ2n) is 5.62. The van der Waals surface area contributed by atoms with E-state index in [2.05, 4.69) is 32.3 Å². The Bertz CT molecular complexity index is 644. The van der Waals surface area contributed by atoms with Crippen molar-refractivity contribution in [3.8, 4) is 0 Å². The van der Waals surface area contributed by atoms with Crippen molar-refractivity contribution >= 4 is 40.7 Å². The highest BCUT2D eigenvalue weighted by atomic mass is 35.5. The number of anilines is 3. The van der Waals surface area contributed by atoms with Crippen molar-refractivity contribution in [1.82, 2.24) is 15.2 Å². The van der Waals surface area contributed by atoms with Crippen LogP contribution in [-0.4, -0.2) is 28.3 Å². The molecule has 3 rings (SSSR count). The lowest BCUT2D eigenvalue weighted by atomic mass is 10.0. The van der Waals surface area contributed by atoms with Gasteiger partial charge in [-0.25, -0.2) is 0 Å². The van der Waals surface area contributed by atoms with E-state index in [4.69, 9.17) is 23.2 Å². The number of nitrogens with one attached hydrogen (secondary N) is 1. The molecule has 22 heavy (non-hydrogen) atoms. The molecule has 1 aromatic heterocycles. The van der Waals surface area contributed by atoms with Gasteiger partial charge in [0.25, 0.3) is 0 Å². The van der Waals surface area contributed by atoms with Crippen LogP contribution in [0.25, 0.3) is 0 Å². The maximum absolute atomic E-state index is 6.00. The molecule has 2 heterocycles. The van der Waals surface area contributed by atoms with Crippen molar-refractivity contribution in [2.75, 3.05) is 23.3 Å². The van der Waals surface area contributed by atoms with E-state index in [-0.39, 0.29) is 0 Å². The summed E-state index contributed by atoms with van der Waals surface area (Å²) in [7, 11) is 0. The molecule has 1 unspecified atom stereocenters. The number of aromatic nitrogens is 3. The Hall–Kier alpha value is -1.59. The fraction of sp³-hybridized carbons (Fsp3) is 0.400. The molecule has 1 aliphatic rings. The van der Waals surface area contributed by atoms with Gasteiger partial charge < -0.3 is 10.2 Å². The molecule has 2 aromatic rings. The van der Waals surface area contributed by atoms with Gasteiger partial charge in [-0.2, -0.15) is 10.1 Å². The minimum absolute atomic E-state index is 0.571. The van der Waals surface area contributed by atoms with Crippen LogP contribution < -0.4 is 10.2 Å². The molecule has 0 amide bonds. The topological polar surface area (TPSA) is 53.9 Å². The van der Waals surface area contributed by atoms with Gasteiger partial charge in [0.15, 0.2) is 5.82 Å². The Morgan fingerprint density at radius 2 is 2.00 bits per heavy atom. The summed E-state index contributed by atoms with van der Waals surface area (Å²) in [6, 6.07) is 5.27. The lowest BCUT2D eigenvalue weighted by Gasteiger charge is -2.30. The van der Waals surface area contributed by atoms with Crippen molar-refractivity contribution in [3.05, 3.63) is 34.4 Å². The first-order valence-electron chi connectivity index (χ1n) is 7.28. The number of rotatable bonds is 3. The van der Waals surface area contributed by atoms with E-state index in [1.54, 1.807) is 24.4 Å². The molecule has 5 nitrogen and oxygen atoms in total. The highest BCUT2D eigenvalue weighted by molar-refractivity contribution is 6.35. The molecule has 116 valence electrons. The molecule has 1 aliphatic heterocycles. The van der Waals surface area contributed by atoms with Gasteiger partial charge in [-0.3, -0.25) is 0 Å². The van der Waals surface area contributed by atoms with E-state index in [0.29, 0.717) is 27.7 Å². The minimum atomic E-state index is 0.571. The van der Waals surface area contributed by atoms with Gasteiger partial charge in [0.1, 0.15) is 0 Å². The smallest absolute Gasteiger partial charge is 0.247 e. The lowest BCUT2D eigenvalue weighted by Crippen LogP contribution is -2.35. The predicted molar refractivity (Wildman–Crippen MR) is 90.2 cm³/mol. The quantitative estimate of drug-likeness (QED) is 0.911. The van der Waals surface area contributed by atoms with Gasteiger partial charge in [0.2, 0.25) is 5.95 Å². The van der Waals surface area contributed by atoms with Crippen molar-refractivity contribution in [3.63, 3.8) is 0 Å². The Balaban J connectivity index is 1.78. The molecule has 1 aromatic carbocycles. The second kappa shape index (κ2) is 6.67. The van der Waals surface area contributed by atoms with E-state index in [0.717, 1.165) is 25.2 Å². The summed E-state index contributed by atoms with van der Waals surface area (Å²) in [5.41, 5.74) is 0.774. The van der Waals surface area contributed by atoms with Crippen LogP contribution in [0, 0.1) is 5.92 Å². The van der Waals surface area contributed by atoms with Crippen molar-refractivity contribution in [2.45, 2.75) is 19.8 Å². The number of halogens is 2. The first kappa shape index (κ1) is 15.3. The van der Waals surface area contributed by atoms with Gasteiger partial charge in [-0.15, -0.1) is 5.10 Å². The molecular weight excluding hydrogens is 321 g/mol. The van der Waals surface area contributed by atoms with Crippen LogP contribution in [0.5, 0.6) is 0 Å². The molecule has 0 radical (unpaired) electrons. The monoisotopic (exact) mass is 337 g/mol. The van der Waals surface area contributed by atoms with E-state index in [1.807, 2.05) is 0 Å². The number of nitrogens with zero attached hydrogens (tertiary/aromatic N) is 4. The van der Waals surface area contributed by atoms with Crippen LogP contribution in [-0.2, 0) is 0 Å². The summed E-state index contributed by atoms with van der Waals surface area (Å²) in [4.78, 5) is 6.72. The Morgan fingerprint density at radius 1 is 1.23 bits per heavy atom. The van der Waals surface area contributed by atoms with E-state index in [9.17, 15) is 0 Å². The van der Waals surface area contributed by atoms with Crippen molar-refractivity contribution < 1.29 is 0 Å². The van der Waals surface area contributed by atoms with Gasteiger partial charge >= 0.3 is 0 Å². The molecule has 1 N–H and O–H groups in total. The minimum Gasteiger partial charge on any atom is -0.339 e. The molecule has 1 saturated heterocycles. The Labute approximate surface area is 139 Å². The van der Waals surface area contributed by atoms with Crippen LogP contribution in [0.2, 0.25) is 10.0 Å². The highest BCUT2D eigenvalue weighted by Gasteiger charge is 2.19. The van der Waals surface area contributed by atoms with E-state index in [1.165, 1.54) is 6.42 Å². The predicted octanol–water partition coefficient (Wildman–Crippen LogP) is 4.16. The molecular formula is C15H17Cl2N5. The number of hydrogen-bond donors (Lipinski definition) is 1. The molecule has 1 fully saturated rings. The average molecular weight is 338 g/mol. The SMILES string of the molecule is CC1CCCN(c2nncc(Nc3cc(Cl)cc(Cl)c3)n2)C1. The third-order valence-electron chi connectivity index (χ3n) is 3.62. The van der Waals surface area contributed by atoms with Gasteiger partial charge in [0.05, 0.1) is 6.20 Å². The molecule has 0 bridgehead atoms. The van der Waals surface area contributed by atoms with Crippen LogP contribution in [0.15, 0.2) is 24.4 Å². The van der Waals surface area contributed by atoms with Crippen LogP contribution in [0.3, 0.4) is 0 Å². The van der Waals surface area contributed by atoms with Gasteiger partial charge in [-0.05, 0) is 37.0 Å². The van der Waals surface area contributed by atoms with Gasteiger partial charge in [0, 0.05) is 28.8 Å². The summed E-state index contributed by atoms with van der Waals surface area (Å²) in [6.45, 7) is 4.18.